The summed E-state index contributed by atoms with van der Waals surface area (Å²) in [5.41, 5.74) is 5.24. The highest BCUT2D eigenvalue weighted by molar-refractivity contribution is 6.34. The molecule has 0 radical (unpaired) electrons. The number of halogens is 1. The largest absolute Gasteiger partial charge is 0.372 e. The van der Waals surface area contributed by atoms with Crippen LogP contribution in [-0.4, -0.2) is 17.4 Å². The predicted octanol–water partition coefficient (Wildman–Crippen LogP) is 3.31. The number of aromatic nitrogens is 1. The first-order chi connectivity index (χ1) is 11.0. The van der Waals surface area contributed by atoms with Crippen LogP contribution in [0.4, 0.5) is 15.8 Å². The highest BCUT2D eigenvalue weighted by atomic mass is 19.1. The molecule has 1 aromatic heterocycles. The van der Waals surface area contributed by atoms with Gasteiger partial charge in [-0.05, 0) is 43.7 Å². The van der Waals surface area contributed by atoms with Crippen LogP contribution in [0.1, 0.15) is 22.5 Å². The van der Waals surface area contributed by atoms with Gasteiger partial charge < -0.3 is 15.6 Å². The third-order valence-electron chi connectivity index (χ3n) is 3.90. The van der Waals surface area contributed by atoms with E-state index in [1.54, 1.807) is 12.1 Å². The summed E-state index contributed by atoms with van der Waals surface area (Å²) in [4.78, 5) is 15.4. The summed E-state index contributed by atoms with van der Waals surface area (Å²) in [5, 5.41) is 5.90. The second-order valence-electron chi connectivity index (χ2n) is 5.42. The number of carbonyl (C=O) groups is 1. The molecule has 0 bridgehead atoms. The quantitative estimate of drug-likeness (QED) is 0.602. The summed E-state index contributed by atoms with van der Waals surface area (Å²) < 4.78 is 13.5. The number of nitrogens with one attached hydrogen (secondary N) is 3. The average molecular weight is 309 g/mol. The van der Waals surface area contributed by atoms with Gasteiger partial charge in [0, 0.05) is 22.6 Å². The SMILES string of the molecule is C#CCNc1c(C)[nH]c(/C=C2\C(=O)Nc3ccc(F)cc32)c1C. The van der Waals surface area contributed by atoms with Crippen molar-refractivity contribution in [3.63, 3.8) is 0 Å². The molecule has 2 heterocycles. The van der Waals surface area contributed by atoms with Crippen molar-refractivity contribution >= 4 is 28.9 Å². The van der Waals surface area contributed by atoms with Crippen molar-refractivity contribution in [2.45, 2.75) is 13.8 Å². The smallest absolute Gasteiger partial charge is 0.256 e. The molecule has 1 amide bonds. The first kappa shape index (κ1) is 14.9. The first-order valence-corrected chi connectivity index (χ1v) is 7.20. The lowest BCUT2D eigenvalue weighted by Crippen LogP contribution is -2.03. The van der Waals surface area contributed by atoms with Crippen molar-refractivity contribution in [3.8, 4) is 12.3 Å². The molecule has 3 rings (SSSR count). The monoisotopic (exact) mass is 309 g/mol. The van der Waals surface area contributed by atoms with Crippen molar-refractivity contribution in [1.29, 1.82) is 0 Å². The minimum Gasteiger partial charge on any atom is -0.372 e. The van der Waals surface area contributed by atoms with E-state index >= 15 is 0 Å². The number of carbonyl (C=O) groups excluding carboxylic acids is 1. The van der Waals surface area contributed by atoms with Gasteiger partial charge in [-0.1, -0.05) is 5.92 Å². The summed E-state index contributed by atoms with van der Waals surface area (Å²) in [6.45, 7) is 4.29. The number of aromatic amines is 1. The lowest BCUT2D eigenvalue weighted by molar-refractivity contribution is -0.110. The standard InChI is InChI=1S/C18H16FN3O/c1-4-7-20-17-10(2)16(21-11(17)3)9-14-13-8-12(19)5-6-15(13)22-18(14)23/h1,5-6,8-9,20-21H,7H2,2-3H3,(H,22,23)/b14-9-. The number of terminal acetylenes is 1. The lowest BCUT2D eigenvalue weighted by Gasteiger charge is -2.03. The van der Waals surface area contributed by atoms with Gasteiger partial charge in [0.15, 0.2) is 0 Å². The Kier molecular flexibility index (Phi) is 3.67. The highest BCUT2D eigenvalue weighted by Crippen LogP contribution is 2.35. The molecule has 0 unspecified atom stereocenters. The van der Waals surface area contributed by atoms with Crippen LogP contribution >= 0.6 is 0 Å². The van der Waals surface area contributed by atoms with Gasteiger partial charge in [-0.15, -0.1) is 6.42 Å². The van der Waals surface area contributed by atoms with Crippen LogP contribution in [0.3, 0.4) is 0 Å². The van der Waals surface area contributed by atoms with E-state index in [1.165, 1.54) is 12.1 Å². The Morgan fingerprint density at radius 1 is 1.39 bits per heavy atom. The summed E-state index contributed by atoms with van der Waals surface area (Å²) in [6.07, 6.45) is 7.02. The Morgan fingerprint density at radius 2 is 2.17 bits per heavy atom. The van der Waals surface area contributed by atoms with Crippen molar-refractivity contribution < 1.29 is 9.18 Å². The van der Waals surface area contributed by atoms with Gasteiger partial charge >= 0.3 is 0 Å². The summed E-state index contributed by atoms with van der Waals surface area (Å²) in [5.74, 6) is 1.92. The van der Waals surface area contributed by atoms with E-state index in [4.69, 9.17) is 6.42 Å². The fourth-order valence-electron chi connectivity index (χ4n) is 2.77. The molecule has 4 nitrogen and oxygen atoms in total. The third kappa shape index (κ3) is 2.59. The van der Waals surface area contributed by atoms with Crippen LogP contribution < -0.4 is 10.6 Å². The van der Waals surface area contributed by atoms with Crippen LogP contribution in [0.25, 0.3) is 11.6 Å². The van der Waals surface area contributed by atoms with E-state index in [1.807, 2.05) is 13.8 Å². The zero-order valence-electron chi connectivity index (χ0n) is 12.9. The molecule has 1 aromatic carbocycles. The van der Waals surface area contributed by atoms with Crippen LogP contribution in [0.15, 0.2) is 18.2 Å². The van der Waals surface area contributed by atoms with Crippen molar-refractivity contribution in [2.24, 2.45) is 0 Å². The minimum absolute atomic E-state index is 0.240. The van der Waals surface area contributed by atoms with Gasteiger partial charge in [-0.2, -0.15) is 0 Å². The normalized spacial score (nSPS) is 14.5. The molecule has 0 spiro atoms. The number of anilines is 2. The topological polar surface area (TPSA) is 56.9 Å². The fraction of sp³-hybridized carbons (Fsp3) is 0.167. The van der Waals surface area contributed by atoms with Gasteiger partial charge in [0.25, 0.3) is 5.91 Å². The molecule has 0 atom stereocenters. The fourth-order valence-corrected chi connectivity index (χ4v) is 2.77. The Bertz CT molecular complexity index is 871. The Morgan fingerprint density at radius 3 is 2.91 bits per heavy atom. The number of amides is 1. The van der Waals surface area contributed by atoms with Crippen molar-refractivity contribution in [1.82, 2.24) is 4.98 Å². The molecule has 0 aliphatic carbocycles. The number of hydrogen-bond donors (Lipinski definition) is 3. The predicted molar refractivity (Wildman–Crippen MR) is 90.5 cm³/mol. The van der Waals surface area contributed by atoms with Crippen LogP contribution in [0, 0.1) is 32.0 Å². The molecule has 5 heteroatoms. The molecule has 0 fully saturated rings. The summed E-state index contributed by atoms with van der Waals surface area (Å²) in [7, 11) is 0. The second kappa shape index (κ2) is 5.65. The highest BCUT2D eigenvalue weighted by Gasteiger charge is 2.25. The molecular weight excluding hydrogens is 293 g/mol. The third-order valence-corrected chi connectivity index (χ3v) is 3.90. The number of hydrogen-bond acceptors (Lipinski definition) is 2. The van der Waals surface area contributed by atoms with Gasteiger partial charge in [0.05, 0.1) is 17.8 Å². The maximum absolute atomic E-state index is 13.5. The Labute approximate surface area is 133 Å². The van der Waals surface area contributed by atoms with Gasteiger partial charge in [-0.3, -0.25) is 4.79 Å². The molecule has 3 N–H and O–H groups in total. The Balaban J connectivity index is 2.05. The molecule has 23 heavy (non-hydrogen) atoms. The second-order valence-corrected chi connectivity index (χ2v) is 5.42. The summed E-state index contributed by atoms with van der Waals surface area (Å²) in [6, 6.07) is 4.26. The van der Waals surface area contributed by atoms with Gasteiger partial charge in [0.2, 0.25) is 0 Å². The van der Waals surface area contributed by atoms with E-state index in [9.17, 15) is 9.18 Å². The number of H-pyrrole nitrogens is 1. The maximum Gasteiger partial charge on any atom is 0.256 e. The zero-order valence-corrected chi connectivity index (χ0v) is 12.9. The molecule has 1 aliphatic heterocycles. The molecule has 0 saturated carbocycles. The minimum atomic E-state index is -0.373. The van der Waals surface area contributed by atoms with Crippen molar-refractivity contribution in [3.05, 3.63) is 46.5 Å². The van der Waals surface area contributed by atoms with E-state index in [2.05, 4.69) is 21.5 Å². The molecule has 1 aliphatic rings. The molecular formula is C18H16FN3O. The van der Waals surface area contributed by atoms with Crippen LogP contribution in [-0.2, 0) is 4.79 Å². The van der Waals surface area contributed by atoms with Crippen molar-refractivity contribution in [2.75, 3.05) is 17.2 Å². The number of benzene rings is 1. The van der Waals surface area contributed by atoms with Crippen LogP contribution in [0.5, 0.6) is 0 Å². The van der Waals surface area contributed by atoms with E-state index in [0.29, 0.717) is 23.4 Å². The zero-order chi connectivity index (χ0) is 16.6. The van der Waals surface area contributed by atoms with Crippen LogP contribution in [0.2, 0.25) is 0 Å². The van der Waals surface area contributed by atoms with E-state index in [-0.39, 0.29) is 11.7 Å². The van der Waals surface area contributed by atoms with E-state index in [0.717, 1.165) is 22.6 Å². The number of aryl methyl sites for hydroxylation is 1. The molecule has 0 saturated heterocycles. The Hall–Kier alpha value is -3.00. The first-order valence-electron chi connectivity index (χ1n) is 7.20. The van der Waals surface area contributed by atoms with Gasteiger partial charge in [-0.25, -0.2) is 4.39 Å². The summed E-state index contributed by atoms with van der Waals surface area (Å²) >= 11 is 0. The molecule has 2 aromatic rings. The van der Waals surface area contributed by atoms with E-state index < -0.39 is 0 Å². The number of fused-ring (bicyclic) bond motifs is 1. The number of rotatable bonds is 3. The average Bonchev–Trinajstić information content (AvgIpc) is 2.96. The molecule has 116 valence electrons. The lowest BCUT2D eigenvalue weighted by atomic mass is 10.0. The maximum atomic E-state index is 13.5. The van der Waals surface area contributed by atoms with Gasteiger partial charge in [0.1, 0.15) is 5.82 Å².